The van der Waals surface area contributed by atoms with Gasteiger partial charge in [0.15, 0.2) is 0 Å². The van der Waals surface area contributed by atoms with E-state index in [0.29, 0.717) is 23.4 Å². The standard InChI is InChI=1S/C20H26N4O2/c1-14-6-7-16(10-15(14)2)12-21-18-11-17-19(20(25)23-18)24(13-22-17)8-4-5-9-26-3/h6-7,10-11,13H,4-5,8-9,12H2,1-3H3,(H2,21,23,25). The van der Waals surface area contributed by atoms with Gasteiger partial charge in [-0.3, -0.25) is 4.79 Å². The van der Waals surface area contributed by atoms with Crippen molar-refractivity contribution in [3.05, 3.63) is 57.6 Å². The summed E-state index contributed by atoms with van der Waals surface area (Å²) in [5.41, 5.74) is 4.94. The van der Waals surface area contributed by atoms with E-state index in [1.54, 1.807) is 13.4 Å². The number of ether oxygens (including phenoxy) is 1. The maximum Gasteiger partial charge on any atom is 0.275 e. The summed E-state index contributed by atoms with van der Waals surface area (Å²) < 4.78 is 6.98. The average Bonchev–Trinajstić information content (AvgIpc) is 3.03. The first-order chi connectivity index (χ1) is 12.6. The van der Waals surface area contributed by atoms with E-state index in [-0.39, 0.29) is 5.56 Å². The van der Waals surface area contributed by atoms with Crippen molar-refractivity contribution in [3.8, 4) is 0 Å². The summed E-state index contributed by atoms with van der Waals surface area (Å²) in [6.07, 6.45) is 3.65. The van der Waals surface area contributed by atoms with Gasteiger partial charge in [0.2, 0.25) is 0 Å². The lowest BCUT2D eigenvalue weighted by atomic mass is 10.1. The number of methoxy groups -OCH3 is 1. The smallest absolute Gasteiger partial charge is 0.275 e. The molecule has 0 fully saturated rings. The third kappa shape index (κ3) is 4.14. The quantitative estimate of drug-likeness (QED) is 0.608. The Bertz CT molecular complexity index is 943. The van der Waals surface area contributed by atoms with Crippen molar-refractivity contribution in [3.63, 3.8) is 0 Å². The minimum atomic E-state index is -0.116. The Balaban J connectivity index is 1.72. The Morgan fingerprint density at radius 1 is 1.19 bits per heavy atom. The fourth-order valence-corrected chi connectivity index (χ4v) is 3.01. The van der Waals surface area contributed by atoms with Crippen LogP contribution in [0.15, 0.2) is 35.4 Å². The van der Waals surface area contributed by atoms with Gasteiger partial charge >= 0.3 is 0 Å². The molecule has 3 aromatic rings. The maximum absolute atomic E-state index is 12.5. The number of pyridine rings is 1. The summed E-state index contributed by atoms with van der Waals surface area (Å²) in [4.78, 5) is 19.8. The van der Waals surface area contributed by atoms with Crippen LogP contribution in [0, 0.1) is 13.8 Å². The van der Waals surface area contributed by atoms with Crippen LogP contribution in [0.5, 0.6) is 0 Å². The second-order valence-electron chi connectivity index (χ2n) is 6.66. The van der Waals surface area contributed by atoms with Crippen LogP contribution < -0.4 is 10.9 Å². The Kier molecular flexibility index (Phi) is 5.73. The largest absolute Gasteiger partial charge is 0.385 e. The number of benzene rings is 1. The number of hydrogen-bond donors (Lipinski definition) is 2. The van der Waals surface area contributed by atoms with Gasteiger partial charge in [-0.1, -0.05) is 18.2 Å². The molecule has 2 heterocycles. The maximum atomic E-state index is 12.5. The van der Waals surface area contributed by atoms with Crippen molar-refractivity contribution in [2.45, 2.75) is 39.8 Å². The van der Waals surface area contributed by atoms with Gasteiger partial charge < -0.3 is 19.6 Å². The van der Waals surface area contributed by atoms with Gasteiger partial charge in [0.05, 0.1) is 11.8 Å². The van der Waals surface area contributed by atoms with Crippen LogP contribution in [0.2, 0.25) is 0 Å². The molecular weight excluding hydrogens is 328 g/mol. The highest BCUT2D eigenvalue weighted by molar-refractivity contribution is 5.77. The molecular formula is C20H26N4O2. The van der Waals surface area contributed by atoms with Gasteiger partial charge in [0, 0.05) is 32.9 Å². The molecule has 26 heavy (non-hydrogen) atoms. The van der Waals surface area contributed by atoms with Gasteiger partial charge in [-0.15, -0.1) is 0 Å². The zero-order chi connectivity index (χ0) is 18.5. The number of hydrogen-bond acceptors (Lipinski definition) is 4. The van der Waals surface area contributed by atoms with Crippen LogP contribution in [0.1, 0.15) is 29.5 Å². The highest BCUT2D eigenvalue weighted by Gasteiger charge is 2.09. The topological polar surface area (TPSA) is 71.9 Å². The molecule has 0 aliphatic heterocycles. The lowest BCUT2D eigenvalue weighted by molar-refractivity contribution is 0.191. The SMILES string of the molecule is COCCCCn1cnc2cc(NCc3ccc(C)c(C)c3)[nH]c(=O)c21. The van der Waals surface area contributed by atoms with E-state index in [1.165, 1.54) is 16.7 Å². The summed E-state index contributed by atoms with van der Waals surface area (Å²) in [7, 11) is 1.70. The number of aryl methyl sites for hydroxylation is 3. The monoisotopic (exact) mass is 354 g/mol. The van der Waals surface area contributed by atoms with E-state index in [4.69, 9.17) is 4.74 Å². The van der Waals surface area contributed by atoms with Crippen LogP contribution in [0.25, 0.3) is 11.0 Å². The Labute approximate surface area is 153 Å². The lowest BCUT2D eigenvalue weighted by Gasteiger charge is -2.09. The van der Waals surface area contributed by atoms with E-state index in [9.17, 15) is 4.79 Å². The molecule has 2 aromatic heterocycles. The predicted octanol–water partition coefficient (Wildman–Crippen LogP) is 3.38. The van der Waals surface area contributed by atoms with Crippen molar-refractivity contribution in [2.75, 3.05) is 19.0 Å². The van der Waals surface area contributed by atoms with Crippen molar-refractivity contribution < 1.29 is 4.74 Å². The zero-order valence-electron chi connectivity index (χ0n) is 15.6. The van der Waals surface area contributed by atoms with Gasteiger partial charge in [0.25, 0.3) is 5.56 Å². The Hall–Kier alpha value is -2.60. The molecule has 0 bridgehead atoms. The molecule has 3 rings (SSSR count). The van der Waals surface area contributed by atoms with Crippen LogP contribution in [0.3, 0.4) is 0 Å². The zero-order valence-corrected chi connectivity index (χ0v) is 15.6. The Morgan fingerprint density at radius 3 is 2.81 bits per heavy atom. The van der Waals surface area contributed by atoms with Crippen molar-refractivity contribution >= 4 is 16.9 Å². The molecule has 0 radical (unpaired) electrons. The number of nitrogens with one attached hydrogen (secondary N) is 2. The number of nitrogens with zero attached hydrogens (tertiary/aromatic N) is 2. The Morgan fingerprint density at radius 2 is 2.04 bits per heavy atom. The number of unbranched alkanes of at least 4 members (excludes halogenated alkanes) is 1. The van der Waals surface area contributed by atoms with E-state index >= 15 is 0 Å². The minimum absolute atomic E-state index is 0.116. The second-order valence-corrected chi connectivity index (χ2v) is 6.66. The van der Waals surface area contributed by atoms with E-state index in [1.807, 2.05) is 10.6 Å². The average molecular weight is 354 g/mol. The first-order valence-corrected chi connectivity index (χ1v) is 8.95. The fourth-order valence-electron chi connectivity index (χ4n) is 3.01. The second kappa shape index (κ2) is 8.19. The molecule has 0 atom stereocenters. The molecule has 0 amide bonds. The third-order valence-electron chi connectivity index (χ3n) is 4.66. The van der Waals surface area contributed by atoms with Crippen LogP contribution in [-0.4, -0.2) is 28.3 Å². The summed E-state index contributed by atoms with van der Waals surface area (Å²) in [6.45, 7) is 6.35. The summed E-state index contributed by atoms with van der Waals surface area (Å²) >= 11 is 0. The molecule has 0 aliphatic rings. The summed E-state index contributed by atoms with van der Waals surface area (Å²) in [6, 6.07) is 8.27. The number of aromatic amines is 1. The van der Waals surface area contributed by atoms with Crippen LogP contribution >= 0.6 is 0 Å². The first kappa shape index (κ1) is 18.2. The molecule has 0 saturated heterocycles. The number of H-pyrrole nitrogens is 1. The van der Waals surface area contributed by atoms with Gasteiger partial charge in [-0.2, -0.15) is 0 Å². The molecule has 6 heteroatoms. The van der Waals surface area contributed by atoms with Gasteiger partial charge in [-0.05, 0) is 43.4 Å². The number of anilines is 1. The molecule has 0 aliphatic carbocycles. The molecule has 2 N–H and O–H groups in total. The molecule has 138 valence electrons. The van der Waals surface area contributed by atoms with Crippen LogP contribution in [-0.2, 0) is 17.8 Å². The summed E-state index contributed by atoms with van der Waals surface area (Å²) in [5.74, 6) is 0.686. The fraction of sp³-hybridized carbons (Fsp3) is 0.400. The highest BCUT2D eigenvalue weighted by Crippen LogP contribution is 2.15. The summed E-state index contributed by atoms with van der Waals surface area (Å²) in [5, 5.41) is 3.29. The highest BCUT2D eigenvalue weighted by atomic mass is 16.5. The third-order valence-corrected chi connectivity index (χ3v) is 4.66. The minimum Gasteiger partial charge on any atom is -0.385 e. The van der Waals surface area contributed by atoms with Gasteiger partial charge in [-0.25, -0.2) is 4.98 Å². The van der Waals surface area contributed by atoms with Crippen molar-refractivity contribution in [1.82, 2.24) is 14.5 Å². The van der Waals surface area contributed by atoms with E-state index in [2.05, 4.69) is 47.3 Å². The molecule has 0 spiro atoms. The van der Waals surface area contributed by atoms with E-state index < -0.39 is 0 Å². The normalized spacial score (nSPS) is 11.2. The number of rotatable bonds is 8. The lowest BCUT2D eigenvalue weighted by Crippen LogP contribution is -2.14. The van der Waals surface area contributed by atoms with Crippen LogP contribution in [0.4, 0.5) is 5.82 Å². The first-order valence-electron chi connectivity index (χ1n) is 8.95. The van der Waals surface area contributed by atoms with Gasteiger partial charge in [0.1, 0.15) is 11.3 Å². The number of aromatic nitrogens is 3. The predicted molar refractivity (Wildman–Crippen MR) is 105 cm³/mol. The van der Waals surface area contributed by atoms with E-state index in [0.717, 1.165) is 26.0 Å². The molecule has 0 saturated carbocycles. The molecule has 1 aromatic carbocycles. The molecule has 6 nitrogen and oxygen atoms in total. The number of imidazole rings is 1. The number of fused-ring (bicyclic) bond motifs is 1. The van der Waals surface area contributed by atoms with Crippen molar-refractivity contribution in [2.24, 2.45) is 0 Å². The van der Waals surface area contributed by atoms with Crippen molar-refractivity contribution in [1.29, 1.82) is 0 Å². The molecule has 0 unspecified atom stereocenters.